The van der Waals surface area contributed by atoms with Gasteiger partial charge in [-0.05, 0) is 114 Å². The van der Waals surface area contributed by atoms with Gasteiger partial charge in [0.05, 0.1) is 28.3 Å². The molecule has 1 fully saturated rings. The molecular formula is C35H30F9NO4. The van der Waals surface area contributed by atoms with Crippen molar-refractivity contribution in [3.8, 4) is 11.1 Å². The van der Waals surface area contributed by atoms with E-state index in [1.807, 2.05) is 13.8 Å². The van der Waals surface area contributed by atoms with Crippen LogP contribution < -0.4 is 0 Å². The van der Waals surface area contributed by atoms with Crippen LogP contribution in [0.1, 0.15) is 84.3 Å². The quantitative estimate of drug-likeness (QED) is 0.260. The molecule has 1 saturated heterocycles. The van der Waals surface area contributed by atoms with Crippen molar-refractivity contribution in [3.63, 3.8) is 0 Å². The third kappa shape index (κ3) is 7.73. The van der Waals surface area contributed by atoms with Crippen LogP contribution in [0.4, 0.5) is 44.3 Å². The monoisotopic (exact) mass is 699 g/mol. The zero-order valence-electron chi connectivity index (χ0n) is 26.3. The van der Waals surface area contributed by atoms with Crippen LogP contribution in [0.15, 0.2) is 66.2 Å². The van der Waals surface area contributed by atoms with Gasteiger partial charge in [0.1, 0.15) is 6.10 Å². The van der Waals surface area contributed by atoms with Crippen LogP contribution in [0.25, 0.3) is 16.7 Å². The van der Waals surface area contributed by atoms with Crippen molar-refractivity contribution in [2.24, 2.45) is 5.41 Å². The Balaban J connectivity index is 1.56. The molecule has 0 aromatic heterocycles. The van der Waals surface area contributed by atoms with E-state index >= 15 is 0 Å². The van der Waals surface area contributed by atoms with Crippen LogP contribution in [0, 0.1) is 5.41 Å². The van der Waals surface area contributed by atoms with Crippen molar-refractivity contribution in [3.05, 3.63) is 99.6 Å². The highest BCUT2D eigenvalue weighted by molar-refractivity contribution is 5.88. The van der Waals surface area contributed by atoms with Crippen molar-refractivity contribution in [2.75, 3.05) is 6.54 Å². The fraction of sp³-hybridized carbons (Fsp3) is 0.371. The highest BCUT2D eigenvalue weighted by Crippen LogP contribution is 2.46. The minimum atomic E-state index is -5.11. The fourth-order valence-corrected chi connectivity index (χ4v) is 6.36. The predicted octanol–water partition coefficient (Wildman–Crippen LogP) is 10.7. The van der Waals surface area contributed by atoms with E-state index in [4.69, 9.17) is 4.74 Å². The molecule has 262 valence electrons. The van der Waals surface area contributed by atoms with Crippen LogP contribution in [-0.2, 0) is 23.3 Å². The van der Waals surface area contributed by atoms with Gasteiger partial charge in [-0.25, -0.2) is 9.59 Å². The Labute approximate surface area is 275 Å². The molecule has 1 heterocycles. The number of carbonyl (C=O) groups is 2. The zero-order valence-corrected chi connectivity index (χ0v) is 26.3. The van der Waals surface area contributed by atoms with E-state index in [9.17, 15) is 54.2 Å². The van der Waals surface area contributed by atoms with Gasteiger partial charge < -0.3 is 9.84 Å². The number of carboxylic acids is 1. The Morgan fingerprint density at radius 3 is 1.88 bits per heavy atom. The summed E-state index contributed by atoms with van der Waals surface area (Å²) < 4.78 is 129. The zero-order chi connectivity index (χ0) is 36.3. The van der Waals surface area contributed by atoms with Gasteiger partial charge in [-0.15, -0.1) is 0 Å². The van der Waals surface area contributed by atoms with Gasteiger partial charge in [0.15, 0.2) is 0 Å². The minimum absolute atomic E-state index is 0.0201. The maximum Gasteiger partial charge on any atom is 0.416 e. The largest absolute Gasteiger partial charge is 0.478 e. The Morgan fingerprint density at radius 1 is 0.816 bits per heavy atom. The molecule has 2 atom stereocenters. The highest BCUT2D eigenvalue weighted by Gasteiger charge is 2.44. The first-order valence-electron chi connectivity index (χ1n) is 15.1. The van der Waals surface area contributed by atoms with Crippen LogP contribution in [0.5, 0.6) is 0 Å². The molecule has 49 heavy (non-hydrogen) atoms. The van der Waals surface area contributed by atoms with Gasteiger partial charge in [-0.3, -0.25) is 4.90 Å². The lowest BCUT2D eigenvalue weighted by Crippen LogP contribution is -2.35. The van der Waals surface area contributed by atoms with Crippen molar-refractivity contribution < 1.29 is 58.9 Å². The van der Waals surface area contributed by atoms with Crippen molar-refractivity contribution in [2.45, 2.75) is 70.7 Å². The lowest BCUT2D eigenvalue weighted by Gasteiger charge is -2.35. The lowest BCUT2D eigenvalue weighted by molar-refractivity contribution is -0.143. The van der Waals surface area contributed by atoms with Crippen molar-refractivity contribution in [1.29, 1.82) is 0 Å². The number of ether oxygens (including phenoxy) is 1. The Hall–Kier alpha value is -4.49. The molecule has 1 amide bonds. The summed E-state index contributed by atoms with van der Waals surface area (Å²) in [5, 5.41) is 9.22. The first-order chi connectivity index (χ1) is 22.5. The number of aromatic carboxylic acids is 1. The first kappa shape index (κ1) is 35.8. The van der Waals surface area contributed by atoms with E-state index in [0.717, 1.165) is 17.0 Å². The molecule has 0 saturated carbocycles. The molecule has 3 aromatic carbocycles. The summed E-state index contributed by atoms with van der Waals surface area (Å²) in [4.78, 5) is 25.6. The fourth-order valence-electron chi connectivity index (χ4n) is 6.36. The average molecular weight is 700 g/mol. The summed E-state index contributed by atoms with van der Waals surface area (Å²) >= 11 is 0. The summed E-state index contributed by atoms with van der Waals surface area (Å²) in [5.74, 6) is -1.21. The van der Waals surface area contributed by atoms with E-state index in [1.54, 1.807) is 0 Å². The third-order valence-electron chi connectivity index (χ3n) is 8.94. The molecule has 3 aromatic rings. The molecule has 0 spiro atoms. The van der Waals surface area contributed by atoms with Crippen LogP contribution >= 0.6 is 0 Å². The molecule has 0 unspecified atom stereocenters. The molecule has 5 nitrogen and oxygen atoms in total. The van der Waals surface area contributed by atoms with Gasteiger partial charge in [0, 0.05) is 6.54 Å². The number of allylic oxidation sites excluding steroid dienone is 1. The number of nitrogens with zero attached hydrogens (tertiary/aromatic N) is 1. The standard InChI is InChI=1S/C35H30F9NO4/c1-18-29(23-13-26(34(39,40)41)15-27(14-23)35(42,43)44)49-31(48)45(18)17-24-16-32(2,3)9-8-28(24)22-10-21(11-25(12-22)33(36,37)38)19-4-6-20(7-5-19)30(46)47/h4-7,10-15,18,29H,8-9,16-17H2,1-3H3,(H,46,47)/t18-,29-/m0/s1. The van der Waals surface area contributed by atoms with Gasteiger partial charge in [0.2, 0.25) is 0 Å². The first-order valence-corrected chi connectivity index (χ1v) is 15.1. The molecule has 1 aliphatic heterocycles. The molecule has 1 N–H and O–H groups in total. The predicted molar refractivity (Wildman–Crippen MR) is 160 cm³/mol. The molecule has 5 rings (SSSR count). The second kappa shape index (κ2) is 12.4. The van der Waals surface area contributed by atoms with E-state index in [1.165, 1.54) is 37.3 Å². The van der Waals surface area contributed by atoms with Gasteiger partial charge in [-0.1, -0.05) is 26.0 Å². The number of hydrogen-bond acceptors (Lipinski definition) is 3. The SMILES string of the molecule is C[C@H]1[C@@H](c2cc(C(F)(F)F)cc(C(F)(F)F)c2)OC(=O)N1CC1=C(c2cc(-c3ccc(C(=O)O)cc3)cc(C(F)(F)F)c2)CCC(C)(C)C1. The summed E-state index contributed by atoms with van der Waals surface area (Å²) in [6.07, 6.45) is -16.3. The smallest absolute Gasteiger partial charge is 0.416 e. The molecular weight excluding hydrogens is 669 g/mol. The van der Waals surface area contributed by atoms with Crippen LogP contribution in [-0.4, -0.2) is 34.7 Å². The topological polar surface area (TPSA) is 66.8 Å². The number of amides is 1. The van der Waals surface area contributed by atoms with Crippen molar-refractivity contribution in [1.82, 2.24) is 4.90 Å². The number of carboxylic acid groups (broad SMARTS) is 1. The number of rotatable bonds is 6. The van der Waals surface area contributed by atoms with Crippen LogP contribution in [0.3, 0.4) is 0 Å². The van der Waals surface area contributed by atoms with E-state index in [-0.39, 0.29) is 34.7 Å². The Kier molecular flexibility index (Phi) is 9.09. The van der Waals surface area contributed by atoms with E-state index < -0.39 is 65.0 Å². The number of benzene rings is 3. The molecule has 0 radical (unpaired) electrons. The van der Waals surface area contributed by atoms with Gasteiger partial charge >= 0.3 is 30.6 Å². The Bertz CT molecular complexity index is 1770. The number of hydrogen-bond donors (Lipinski definition) is 1. The second-order valence-corrected chi connectivity index (χ2v) is 13.1. The lowest BCUT2D eigenvalue weighted by atomic mass is 9.72. The number of halogens is 9. The summed E-state index contributed by atoms with van der Waals surface area (Å²) in [6.45, 7) is 5.09. The van der Waals surface area contributed by atoms with Gasteiger partial charge in [-0.2, -0.15) is 39.5 Å². The molecule has 2 aliphatic rings. The van der Waals surface area contributed by atoms with E-state index in [2.05, 4.69) is 0 Å². The van der Waals surface area contributed by atoms with Crippen molar-refractivity contribution >= 4 is 17.6 Å². The summed E-state index contributed by atoms with van der Waals surface area (Å²) in [5.41, 5.74) is -3.22. The molecule has 14 heteroatoms. The highest BCUT2D eigenvalue weighted by atomic mass is 19.4. The number of alkyl halides is 9. The molecule has 1 aliphatic carbocycles. The number of carbonyl (C=O) groups excluding carboxylic acids is 1. The maximum absolute atomic E-state index is 14.2. The minimum Gasteiger partial charge on any atom is -0.478 e. The number of cyclic esters (lactones) is 1. The third-order valence-corrected chi connectivity index (χ3v) is 8.94. The van der Waals surface area contributed by atoms with Gasteiger partial charge in [0.25, 0.3) is 0 Å². The Morgan fingerprint density at radius 2 is 1.35 bits per heavy atom. The second-order valence-electron chi connectivity index (χ2n) is 13.1. The van der Waals surface area contributed by atoms with E-state index in [0.29, 0.717) is 48.1 Å². The van der Waals surface area contributed by atoms with Crippen LogP contribution in [0.2, 0.25) is 0 Å². The molecule has 0 bridgehead atoms. The normalized spacial score (nSPS) is 20.1. The summed E-state index contributed by atoms with van der Waals surface area (Å²) in [6, 6.07) is 8.74. The average Bonchev–Trinajstić information content (AvgIpc) is 3.27. The maximum atomic E-state index is 14.2. The summed E-state index contributed by atoms with van der Waals surface area (Å²) in [7, 11) is 0.